The fraction of sp³-hybridized carbons (Fsp3) is 0.600. The first kappa shape index (κ1) is 16.3. The van der Waals surface area contributed by atoms with Gasteiger partial charge in [-0.05, 0) is 69.0 Å². The van der Waals surface area contributed by atoms with E-state index in [0.717, 1.165) is 12.5 Å². The molecule has 1 aromatic carbocycles. The molecule has 0 amide bonds. The summed E-state index contributed by atoms with van der Waals surface area (Å²) >= 11 is 0. The Balaban J connectivity index is 1.77. The van der Waals surface area contributed by atoms with Crippen LogP contribution in [0.1, 0.15) is 70.0 Å². The van der Waals surface area contributed by atoms with Gasteiger partial charge in [-0.3, -0.25) is 0 Å². The van der Waals surface area contributed by atoms with Crippen LogP contribution in [0, 0.1) is 5.92 Å². The van der Waals surface area contributed by atoms with Gasteiger partial charge < -0.3 is 5.32 Å². The van der Waals surface area contributed by atoms with Crippen LogP contribution < -0.4 is 5.32 Å². The van der Waals surface area contributed by atoms with E-state index >= 15 is 0 Å². The molecule has 1 N–H and O–H groups in total. The molecule has 21 heavy (non-hydrogen) atoms. The van der Waals surface area contributed by atoms with Gasteiger partial charge in [-0.15, -0.1) is 0 Å². The van der Waals surface area contributed by atoms with Gasteiger partial charge in [0.15, 0.2) is 0 Å². The first-order valence-corrected chi connectivity index (χ1v) is 8.65. The van der Waals surface area contributed by atoms with Crippen LogP contribution in [0.15, 0.2) is 35.9 Å². The summed E-state index contributed by atoms with van der Waals surface area (Å²) in [6, 6.07) is 9.60. The van der Waals surface area contributed by atoms with E-state index < -0.39 is 0 Å². The molecule has 1 unspecified atom stereocenters. The molecule has 0 spiro atoms. The van der Waals surface area contributed by atoms with Gasteiger partial charge in [0.1, 0.15) is 0 Å². The molecular weight excluding hydrogens is 254 g/mol. The van der Waals surface area contributed by atoms with Gasteiger partial charge in [0.2, 0.25) is 0 Å². The van der Waals surface area contributed by atoms with Crippen molar-refractivity contribution in [3.8, 4) is 0 Å². The van der Waals surface area contributed by atoms with Crippen LogP contribution in [0.2, 0.25) is 0 Å². The molecular formula is C20H31N. The Bertz CT molecular complexity index is 441. The highest BCUT2D eigenvalue weighted by atomic mass is 14.9. The van der Waals surface area contributed by atoms with Gasteiger partial charge in [0, 0.05) is 6.04 Å². The van der Waals surface area contributed by atoms with Crippen LogP contribution in [0.3, 0.4) is 0 Å². The highest BCUT2D eigenvalue weighted by molar-refractivity contribution is 5.25. The fourth-order valence-electron chi connectivity index (χ4n) is 3.11. The second kappa shape index (κ2) is 8.38. The lowest BCUT2D eigenvalue weighted by molar-refractivity contribution is 0.562. The first-order chi connectivity index (χ1) is 10.1. The summed E-state index contributed by atoms with van der Waals surface area (Å²) in [6.45, 7) is 7.92. The van der Waals surface area contributed by atoms with Crippen molar-refractivity contribution in [2.75, 3.05) is 6.54 Å². The van der Waals surface area contributed by atoms with Crippen LogP contribution in [0.25, 0.3) is 0 Å². The van der Waals surface area contributed by atoms with Crippen molar-refractivity contribution in [3.63, 3.8) is 0 Å². The molecule has 2 rings (SSSR count). The minimum absolute atomic E-state index is 0.447. The van der Waals surface area contributed by atoms with Crippen LogP contribution in [0.4, 0.5) is 0 Å². The Morgan fingerprint density at radius 3 is 2.43 bits per heavy atom. The first-order valence-electron chi connectivity index (χ1n) is 8.65. The van der Waals surface area contributed by atoms with Gasteiger partial charge in [0.25, 0.3) is 0 Å². The van der Waals surface area contributed by atoms with E-state index in [1.54, 1.807) is 5.57 Å². The predicted molar refractivity (Wildman–Crippen MR) is 92.6 cm³/mol. The molecule has 1 aliphatic rings. The Morgan fingerprint density at radius 2 is 1.81 bits per heavy atom. The molecule has 1 nitrogen and oxygen atoms in total. The molecule has 1 heteroatoms. The maximum absolute atomic E-state index is 3.67. The van der Waals surface area contributed by atoms with Crippen molar-refractivity contribution in [1.29, 1.82) is 0 Å². The summed E-state index contributed by atoms with van der Waals surface area (Å²) in [4.78, 5) is 0. The minimum atomic E-state index is 0.447. The average Bonchev–Trinajstić information content (AvgIpc) is 2.48. The van der Waals surface area contributed by atoms with E-state index in [9.17, 15) is 0 Å². The van der Waals surface area contributed by atoms with Gasteiger partial charge in [0.05, 0.1) is 0 Å². The lowest BCUT2D eigenvalue weighted by atomic mass is 9.97. The summed E-state index contributed by atoms with van der Waals surface area (Å²) in [5, 5.41) is 3.67. The van der Waals surface area contributed by atoms with Crippen LogP contribution in [-0.4, -0.2) is 6.54 Å². The summed E-state index contributed by atoms with van der Waals surface area (Å²) in [5.74, 6) is 0.732. The third-order valence-corrected chi connectivity index (χ3v) is 4.41. The third kappa shape index (κ3) is 5.67. The Kier molecular flexibility index (Phi) is 6.50. The summed E-state index contributed by atoms with van der Waals surface area (Å²) < 4.78 is 0. The van der Waals surface area contributed by atoms with Crippen LogP contribution in [0.5, 0.6) is 0 Å². The topological polar surface area (TPSA) is 12.0 Å². The summed E-state index contributed by atoms with van der Waals surface area (Å²) in [7, 11) is 0. The van der Waals surface area contributed by atoms with Crippen molar-refractivity contribution in [2.45, 2.75) is 65.3 Å². The second-order valence-corrected chi connectivity index (χ2v) is 6.87. The van der Waals surface area contributed by atoms with Crippen molar-refractivity contribution in [2.24, 2.45) is 5.92 Å². The smallest absolute Gasteiger partial charge is 0.0291 e. The molecule has 0 radical (unpaired) electrons. The number of nitrogens with one attached hydrogen (secondary N) is 1. The largest absolute Gasteiger partial charge is 0.310 e. The molecule has 1 aliphatic carbocycles. The van der Waals surface area contributed by atoms with Crippen LogP contribution >= 0.6 is 0 Å². The number of hydrogen-bond donors (Lipinski definition) is 1. The molecule has 1 aromatic rings. The molecule has 0 saturated heterocycles. The molecule has 0 heterocycles. The van der Waals surface area contributed by atoms with Crippen molar-refractivity contribution >= 4 is 0 Å². The molecule has 0 fully saturated rings. The SMILES string of the molecule is CC(C)Cc1ccc(C(C)NCCC2=CCCCC2)cc1. The van der Waals surface area contributed by atoms with Crippen molar-refractivity contribution < 1.29 is 0 Å². The Labute approximate surface area is 130 Å². The Hall–Kier alpha value is -1.08. The number of allylic oxidation sites excluding steroid dienone is 1. The molecule has 0 saturated carbocycles. The number of hydrogen-bond acceptors (Lipinski definition) is 1. The molecule has 0 bridgehead atoms. The minimum Gasteiger partial charge on any atom is -0.310 e. The molecule has 116 valence electrons. The van der Waals surface area contributed by atoms with Gasteiger partial charge >= 0.3 is 0 Å². The van der Waals surface area contributed by atoms with E-state index in [2.05, 4.69) is 56.4 Å². The molecule has 0 aliphatic heterocycles. The highest BCUT2D eigenvalue weighted by Crippen LogP contribution is 2.20. The van der Waals surface area contributed by atoms with Gasteiger partial charge in [-0.1, -0.05) is 49.8 Å². The van der Waals surface area contributed by atoms with Gasteiger partial charge in [-0.2, -0.15) is 0 Å². The van der Waals surface area contributed by atoms with Crippen LogP contribution in [-0.2, 0) is 6.42 Å². The van der Waals surface area contributed by atoms with E-state index in [1.165, 1.54) is 49.7 Å². The average molecular weight is 285 g/mol. The monoisotopic (exact) mass is 285 g/mol. The van der Waals surface area contributed by atoms with E-state index in [4.69, 9.17) is 0 Å². The Morgan fingerprint density at radius 1 is 1.05 bits per heavy atom. The van der Waals surface area contributed by atoms with E-state index in [1.807, 2.05) is 0 Å². The third-order valence-electron chi connectivity index (χ3n) is 4.41. The maximum Gasteiger partial charge on any atom is 0.0291 e. The van der Waals surface area contributed by atoms with E-state index in [0.29, 0.717) is 6.04 Å². The molecule has 0 aromatic heterocycles. The lowest BCUT2D eigenvalue weighted by Crippen LogP contribution is -2.20. The summed E-state index contributed by atoms with van der Waals surface area (Å²) in [6.07, 6.45) is 10.2. The fourth-order valence-corrected chi connectivity index (χ4v) is 3.11. The number of benzene rings is 1. The zero-order valence-corrected chi connectivity index (χ0v) is 14.0. The predicted octanol–water partition coefficient (Wildman–Crippen LogP) is 5.43. The quantitative estimate of drug-likeness (QED) is 0.659. The van der Waals surface area contributed by atoms with Gasteiger partial charge in [-0.25, -0.2) is 0 Å². The maximum atomic E-state index is 3.67. The lowest BCUT2D eigenvalue weighted by Gasteiger charge is -2.17. The highest BCUT2D eigenvalue weighted by Gasteiger charge is 2.07. The summed E-state index contributed by atoms with van der Waals surface area (Å²) in [5.41, 5.74) is 4.52. The standard InChI is InChI=1S/C20H31N/c1-16(2)15-19-9-11-20(12-10-19)17(3)21-14-13-18-7-5-4-6-8-18/h7,9-12,16-17,21H,4-6,8,13-15H2,1-3H3. The zero-order chi connectivity index (χ0) is 15.1. The van der Waals surface area contributed by atoms with Crippen molar-refractivity contribution in [1.82, 2.24) is 5.32 Å². The number of rotatable bonds is 7. The van der Waals surface area contributed by atoms with E-state index in [-0.39, 0.29) is 0 Å². The molecule has 1 atom stereocenters. The normalized spacial score (nSPS) is 16.9. The second-order valence-electron chi connectivity index (χ2n) is 6.87. The zero-order valence-electron chi connectivity index (χ0n) is 14.0. The van der Waals surface area contributed by atoms with Crippen molar-refractivity contribution in [3.05, 3.63) is 47.0 Å².